The first-order valence-electron chi connectivity index (χ1n) is 6.92. The van der Waals surface area contributed by atoms with Gasteiger partial charge in [-0.05, 0) is 12.8 Å². The molecule has 2 aromatic heterocycles. The van der Waals surface area contributed by atoms with E-state index in [9.17, 15) is 17.6 Å². The summed E-state index contributed by atoms with van der Waals surface area (Å²) >= 11 is 0. The summed E-state index contributed by atoms with van der Waals surface area (Å²) in [6.07, 6.45) is 3.82. The van der Waals surface area contributed by atoms with Crippen molar-refractivity contribution in [2.45, 2.75) is 38.8 Å². The number of aryl methyl sites for hydroxylation is 1. The second-order valence-corrected chi connectivity index (χ2v) is 5.04. The molecule has 0 bridgehead atoms. The van der Waals surface area contributed by atoms with Crippen LogP contribution in [0, 0.1) is 23.5 Å². The Labute approximate surface area is 123 Å². The second kappa shape index (κ2) is 5.90. The van der Waals surface area contributed by atoms with Crippen LogP contribution in [0.1, 0.15) is 30.9 Å². The van der Waals surface area contributed by atoms with Crippen molar-refractivity contribution in [2.24, 2.45) is 0 Å². The van der Waals surface area contributed by atoms with E-state index in [1.165, 1.54) is 0 Å². The van der Waals surface area contributed by atoms with E-state index in [2.05, 4.69) is 20.5 Å². The van der Waals surface area contributed by atoms with Gasteiger partial charge in [0.15, 0.2) is 5.82 Å². The Hall–Kier alpha value is -2.19. The van der Waals surface area contributed by atoms with Gasteiger partial charge in [-0.25, -0.2) is 0 Å². The van der Waals surface area contributed by atoms with Crippen molar-refractivity contribution < 1.29 is 17.6 Å². The largest absolute Gasteiger partial charge is 0.373 e. The van der Waals surface area contributed by atoms with E-state index in [4.69, 9.17) is 0 Å². The van der Waals surface area contributed by atoms with Gasteiger partial charge in [-0.3, -0.25) is 0 Å². The van der Waals surface area contributed by atoms with E-state index in [1.54, 1.807) is 0 Å². The van der Waals surface area contributed by atoms with Crippen molar-refractivity contribution in [2.75, 3.05) is 5.32 Å². The highest BCUT2D eigenvalue weighted by Gasteiger charge is 2.21. The average Bonchev–Trinajstić information content (AvgIpc) is 2.73. The number of fused-ring (bicyclic) bond motifs is 1. The monoisotopic (exact) mass is 315 g/mol. The standard InChI is InChI=1S/C13H13F4N5/c14-9-11(10(15)13(17)19-12(9)16)18-6-8-21-20-7-4-2-1-3-5-22(7)8/h1-6H2,(H,18,19). The molecule has 0 aromatic carbocycles. The number of hydrogen-bond acceptors (Lipinski definition) is 4. The van der Waals surface area contributed by atoms with Crippen molar-refractivity contribution in [1.82, 2.24) is 19.7 Å². The maximum atomic E-state index is 13.5. The lowest BCUT2D eigenvalue weighted by Crippen LogP contribution is -2.13. The molecule has 0 spiro atoms. The van der Waals surface area contributed by atoms with Crippen LogP contribution in [0.15, 0.2) is 0 Å². The van der Waals surface area contributed by atoms with Crippen molar-refractivity contribution in [1.29, 1.82) is 0 Å². The molecule has 9 heteroatoms. The van der Waals surface area contributed by atoms with Crippen LogP contribution in [-0.4, -0.2) is 19.7 Å². The Kier molecular flexibility index (Phi) is 3.95. The van der Waals surface area contributed by atoms with Crippen LogP contribution in [0.5, 0.6) is 0 Å². The molecule has 2 aromatic rings. The van der Waals surface area contributed by atoms with Crippen molar-refractivity contribution in [3.63, 3.8) is 0 Å². The third-order valence-electron chi connectivity index (χ3n) is 3.61. The highest BCUT2D eigenvalue weighted by molar-refractivity contribution is 5.45. The second-order valence-electron chi connectivity index (χ2n) is 5.04. The minimum atomic E-state index is -1.69. The van der Waals surface area contributed by atoms with E-state index in [1.807, 2.05) is 4.57 Å². The molecule has 1 aliphatic heterocycles. The Morgan fingerprint density at radius 2 is 1.68 bits per heavy atom. The van der Waals surface area contributed by atoms with Crippen LogP contribution in [-0.2, 0) is 19.5 Å². The summed E-state index contributed by atoms with van der Waals surface area (Å²) in [6.45, 7) is 0.618. The third kappa shape index (κ3) is 2.62. The maximum Gasteiger partial charge on any atom is 0.253 e. The van der Waals surface area contributed by atoms with Gasteiger partial charge in [0, 0.05) is 13.0 Å². The van der Waals surface area contributed by atoms with Gasteiger partial charge in [-0.1, -0.05) is 6.42 Å². The highest BCUT2D eigenvalue weighted by Crippen LogP contribution is 2.23. The maximum absolute atomic E-state index is 13.5. The van der Waals surface area contributed by atoms with Gasteiger partial charge in [-0.15, -0.1) is 10.2 Å². The smallest absolute Gasteiger partial charge is 0.253 e. The molecule has 0 aliphatic carbocycles. The van der Waals surface area contributed by atoms with Gasteiger partial charge in [0.1, 0.15) is 11.5 Å². The molecule has 0 amide bonds. The lowest BCUT2D eigenvalue weighted by molar-refractivity contribution is 0.410. The van der Waals surface area contributed by atoms with Crippen molar-refractivity contribution in [3.05, 3.63) is 35.2 Å². The normalized spacial score (nSPS) is 14.5. The van der Waals surface area contributed by atoms with Gasteiger partial charge < -0.3 is 9.88 Å². The zero-order valence-electron chi connectivity index (χ0n) is 11.5. The number of nitrogens with zero attached hydrogens (tertiary/aromatic N) is 4. The number of pyridine rings is 1. The molecular formula is C13H13F4N5. The Morgan fingerprint density at radius 3 is 2.41 bits per heavy atom. The molecule has 3 rings (SSSR count). The molecule has 0 unspecified atom stereocenters. The SMILES string of the molecule is Fc1nc(F)c(F)c(NCc2nnc3n2CCCCC3)c1F. The topological polar surface area (TPSA) is 55.6 Å². The number of aromatic nitrogens is 4. The predicted molar refractivity (Wildman–Crippen MR) is 69.0 cm³/mol. The molecule has 0 radical (unpaired) electrons. The Morgan fingerprint density at radius 1 is 0.955 bits per heavy atom. The van der Waals surface area contributed by atoms with Gasteiger partial charge in [0.2, 0.25) is 11.6 Å². The van der Waals surface area contributed by atoms with E-state index in [-0.39, 0.29) is 6.54 Å². The van der Waals surface area contributed by atoms with E-state index in [0.29, 0.717) is 12.4 Å². The third-order valence-corrected chi connectivity index (χ3v) is 3.61. The quantitative estimate of drug-likeness (QED) is 0.699. The molecule has 5 nitrogen and oxygen atoms in total. The van der Waals surface area contributed by atoms with Crippen LogP contribution in [0.25, 0.3) is 0 Å². The molecule has 0 fully saturated rings. The fourth-order valence-corrected chi connectivity index (χ4v) is 2.49. The lowest BCUT2D eigenvalue weighted by atomic mass is 10.2. The van der Waals surface area contributed by atoms with Gasteiger partial charge in [0.25, 0.3) is 11.9 Å². The molecule has 0 saturated heterocycles. The van der Waals surface area contributed by atoms with Crippen LogP contribution >= 0.6 is 0 Å². The Balaban J connectivity index is 1.83. The molecule has 118 valence electrons. The first-order valence-corrected chi connectivity index (χ1v) is 6.92. The summed E-state index contributed by atoms with van der Waals surface area (Å²) < 4.78 is 55.0. The van der Waals surface area contributed by atoms with Crippen LogP contribution in [0.3, 0.4) is 0 Å². The molecule has 0 atom stereocenters. The van der Waals surface area contributed by atoms with Crippen LogP contribution in [0.4, 0.5) is 23.2 Å². The van der Waals surface area contributed by atoms with Gasteiger partial charge >= 0.3 is 0 Å². The summed E-state index contributed by atoms with van der Waals surface area (Å²) in [5.74, 6) is -5.23. The summed E-state index contributed by atoms with van der Waals surface area (Å²) in [7, 11) is 0. The van der Waals surface area contributed by atoms with Crippen LogP contribution in [0.2, 0.25) is 0 Å². The zero-order chi connectivity index (χ0) is 15.7. The first kappa shape index (κ1) is 14.7. The van der Waals surface area contributed by atoms with Crippen molar-refractivity contribution in [3.8, 4) is 0 Å². The lowest BCUT2D eigenvalue weighted by Gasteiger charge is -2.10. The fraction of sp³-hybridized carbons (Fsp3) is 0.462. The van der Waals surface area contributed by atoms with E-state index in [0.717, 1.165) is 31.5 Å². The molecule has 3 heterocycles. The first-order chi connectivity index (χ1) is 10.6. The number of anilines is 1. The predicted octanol–water partition coefficient (Wildman–Crippen LogP) is 2.57. The molecule has 1 N–H and O–H groups in total. The summed E-state index contributed by atoms with van der Waals surface area (Å²) in [4.78, 5) is 2.50. The fourth-order valence-electron chi connectivity index (χ4n) is 2.49. The van der Waals surface area contributed by atoms with E-state index >= 15 is 0 Å². The van der Waals surface area contributed by atoms with Crippen molar-refractivity contribution >= 4 is 5.69 Å². The summed E-state index contributed by atoms with van der Waals surface area (Å²) in [6, 6.07) is 0. The van der Waals surface area contributed by atoms with Crippen LogP contribution < -0.4 is 5.32 Å². The zero-order valence-corrected chi connectivity index (χ0v) is 11.5. The van der Waals surface area contributed by atoms with Gasteiger partial charge in [0.05, 0.1) is 6.54 Å². The summed E-state index contributed by atoms with van der Waals surface area (Å²) in [5, 5.41) is 10.3. The Bertz CT molecular complexity index is 674. The van der Waals surface area contributed by atoms with Gasteiger partial charge in [-0.2, -0.15) is 22.5 Å². The highest BCUT2D eigenvalue weighted by atomic mass is 19.2. The number of halogens is 4. The molecular weight excluding hydrogens is 302 g/mol. The molecule has 1 aliphatic rings. The summed E-state index contributed by atoms with van der Waals surface area (Å²) in [5.41, 5.74) is -0.893. The number of hydrogen-bond donors (Lipinski definition) is 1. The number of rotatable bonds is 3. The minimum Gasteiger partial charge on any atom is -0.373 e. The minimum absolute atomic E-state index is 0.0935. The van der Waals surface area contributed by atoms with E-state index < -0.39 is 29.2 Å². The molecule has 0 saturated carbocycles. The average molecular weight is 315 g/mol. The molecule has 22 heavy (non-hydrogen) atoms. The number of nitrogens with one attached hydrogen (secondary N) is 1.